The van der Waals surface area contributed by atoms with Crippen molar-refractivity contribution in [1.29, 1.82) is 0 Å². The summed E-state index contributed by atoms with van der Waals surface area (Å²) in [5.74, 6) is 0. The van der Waals surface area contributed by atoms with Gasteiger partial charge in [-0.15, -0.1) is 0 Å². The zero-order chi connectivity index (χ0) is 9.26. The largest absolute Gasteiger partial charge is 0.340 e. The maximum absolute atomic E-state index is 10.4. The van der Waals surface area contributed by atoms with Crippen molar-refractivity contribution in [2.24, 2.45) is 0 Å². The van der Waals surface area contributed by atoms with Crippen LogP contribution in [0.2, 0.25) is 0 Å². The molecule has 1 heterocycles. The van der Waals surface area contributed by atoms with Crippen molar-refractivity contribution in [3.05, 3.63) is 34.9 Å². The summed E-state index contributed by atoms with van der Waals surface area (Å²) in [6.45, 7) is 0.422. The number of hydrogen-bond acceptors (Lipinski definition) is 1. The third kappa shape index (κ3) is 1.52. The predicted molar refractivity (Wildman–Crippen MR) is 55.7 cm³/mol. The van der Waals surface area contributed by atoms with Crippen LogP contribution in [0.5, 0.6) is 0 Å². The molecule has 1 aromatic heterocycles. The van der Waals surface area contributed by atoms with Crippen LogP contribution >= 0.6 is 15.9 Å². The summed E-state index contributed by atoms with van der Waals surface area (Å²) in [4.78, 5) is 10.4. The zero-order valence-corrected chi connectivity index (χ0v) is 8.49. The highest BCUT2D eigenvalue weighted by Crippen LogP contribution is 2.20. The highest BCUT2D eigenvalue weighted by Gasteiger charge is 1.99. The monoisotopic (exact) mass is 237 g/mol. The van der Waals surface area contributed by atoms with Gasteiger partial charge in [0.1, 0.15) is 6.29 Å². The number of halogens is 1. The molecule has 2 nitrogen and oxygen atoms in total. The third-order valence-electron chi connectivity index (χ3n) is 2.00. The molecule has 3 heteroatoms. The molecule has 0 radical (unpaired) electrons. The van der Waals surface area contributed by atoms with E-state index in [0.717, 1.165) is 21.7 Å². The number of hydrogen-bond donors (Lipinski definition) is 0. The van der Waals surface area contributed by atoms with Gasteiger partial charge in [0.25, 0.3) is 0 Å². The molecule has 2 aromatic rings. The average Bonchev–Trinajstić information content (AvgIpc) is 2.49. The predicted octanol–water partition coefficient (Wildman–Crippen LogP) is 2.60. The van der Waals surface area contributed by atoms with Gasteiger partial charge in [-0.05, 0) is 24.3 Å². The molecule has 0 saturated carbocycles. The van der Waals surface area contributed by atoms with Crippen molar-refractivity contribution in [2.45, 2.75) is 6.54 Å². The molecule has 0 amide bonds. The van der Waals surface area contributed by atoms with E-state index in [9.17, 15) is 4.79 Å². The first-order valence-electron chi connectivity index (χ1n) is 3.99. The van der Waals surface area contributed by atoms with Crippen LogP contribution in [0.3, 0.4) is 0 Å². The van der Waals surface area contributed by atoms with Gasteiger partial charge in [-0.2, -0.15) is 0 Å². The summed E-state index contributed by atoms with van der Waals surface area (Å²) >= 11 is 3.40. The molecule has 0 N–H and O–H groups in total. The van der Waals surface area contributed by atoms with Gasteiger partial charge in [0.05, 0.1) is 6.54 Å². The van der Waals surface area contributed by atoms with E-state index in [4.69, 9.17) is 0 Å². The third-order valence-corrected chi connectivity index (χ3v) is 2.50. The van der Waals surface area contributed by atoms with Gasteiger partial charge >= 0.3 is 0 Å². The summed E-state index contributed by atoms with van der Waals surface area (Å²) in [5, 5.41) is 1.15. The Morgan fingerprint density at radius 1 is 1.38 bits per heavy atom. The Morgan fingerprint density at radius 2 is 2.23 bits per heavy atom. The lowest BCUT2D eigenvalue weighted by Crippen LogP contribution is -1.95. The smallest absolute Gasteiger partial charge is 0.139 e. The van der Waals surface area contributed by atoms with E-state index < -0.39 is 0 Å². The van der Waals surface area contributed by atoms with Crippen molar-refractivity contribution in [3.8, 4) is 0 Å². The second-order valence-corrected chi connectivity index (χ2v) is 3.75. The van der Waals surface area contributed by atoms with E-state index in [1.54, 1.807) is 0 Å². The van der Waals surface area contributed by atoms with Crippen LogP contribution in [-0.4, -0.2) is 10.9 Å². The molecule has 0 aliphatic rings. The molecular formula is C10H8BrNO. The average molecular weight is 238 g/mol. The van der Waals surface area contributed by atoms with Crippen molar-refractivity contribution >= 4 is 33.1 Å². The van der Waals surface area contributed by atoms with E-state index in [2.05, 4.69) is 15.9 Å². The van der Waals surface area contributed by atoms with Crippen LogP contribution in [0.25, 0.3) is 10.9 Å². The van der Waals surface area contributed by atoms with E-state index in [0.29, 0.717) is 6.54 Å². The number of fused-ring (bicyclic) bond motifs is 1. The number of rotatable bonds is 2. The first kappa shape index (κ1) is 8.51. The SMILES string of the molecule is O=CCn1ccc2cc(Br)ccc21. The number of nitrogens with zero attached hydrogens (tertiary/aromatic N) is 1. The second-order valence-electron chi connectivity index (χ2n) is 2.84. The van der Waals surface area contributed by atoms with Crippen molar-refractivity contribution in [2.75, 3.05) is 0 Å². The first-order valence-corrected chi connectivity index (χ1v) is 4.78. The Morgan fingerprint density at radius 3 is 3.00 bits per heavy atom. The minimum absolute atomic E-state index is 0.422. The molecule has 0 aliphatic carbocycles. The second kappa shape index (κ2) is 3.34. The van der Waals surface area contributed by atoms with Gasteiger partial charge in [-0.1, -0.05) is 15.9 Å². The minimum Gasteiger partial charge on any atom is -0.340 e. The highest BCUT2D eigenvalue weighted by molar-refractivity contribution is 9.10. The van der Waals surface area contributed by atoms with Gasteiger partial charge in [0.2, 0.25) is 0 Å². The molecule has 13 heavy (non-hydrogen) atoms. The number of aromatic nitrogens is 1. The maximum atomic E-state index is 10.4. The summed E-state index contributed by atoms with van der Waals surface area (Å²) in [5.41, 5.74) is 1.09. The van der Waals surface area contributed by atoms with E-state index in [1.165, 1.54) is 0 Å². The summed E-state index contributed by atoms with van der Waals surface area (Å²) in [6, 6.07) is 8.02. The molecule has 0 aliphatic heterocycles. The van der Waals surface area contributed by atoms with E-state index in [-0.39, 0.29) is 0 Å². The van der Waals surface area contributed by atoms with Crippen molar-refractivity contribution in [1.82, 2.24) is 4.57 Å². The van der Waals surface area contributed by atoms with E-state index in [1.807, 2.05) is 35.0 Å². The summed E-state index contributed by atoms with van der Waals surface area (Å²) < 4.78 is 2.98. The standard InChI is InChI=1S/C10H8BrNO/c11-9-1-2-10-8(7-9)3-4-12(10)5-6-13/h1-4,6-7H,5H2. The van der Waals surface area contributed by atoms with Crippen LogP contribution < -0.4 is 0 Å². The maximum Gasteiger partial charge on any atom is 0.139 e. The lowest BCUT2D eigenvalue weighted by Gasteiger charge is -1.98. The Balaban J connectivity index is 2.61. The molecule has 0 fully saturated rings. The molecular weight excluding hydrogens is 230 g/mol. The van der Waals surface area contributed by atoms with Crippen LogP contribution in [0.15, 0.2) is 34.9 Å². The molecule has 1 aromatic carbocycles. The number of benzene rings is 1. The van der Waals surface area contributed by atoms with Gasteiger partial charge in [0.15, 0.2) is 0 Å². The first-order chi connectivity index (χ1) is 6.31. The Kier molecular flexibility index (Phi) is 2.19. The van der Waals surface area contributed by atoms with Gasteiger partial charge in [-0.3, -0.25) is 0 Å². The lowest BCUT2D eigenvalue weighted by atomic mass is 10.2. The number of aldehydes is 1. The Labute approximate surface area is 84.3 Å². The van der Waals surface area contributed by atoms with Gasteiger partial charge < -0.3 is 9.36 Å². The molecule has 66 valence electrons. The Bertz CT molecular complexity index is 447. The van der Waals surface area contributed by atoms with Crippen LogP contribution in [0.1, 0.15) is 0 Å². The van der Waals surface area contributed by atoms with Crippen LogP contribution in [0.4, 0.5) is 0 Å². The Hall–Kier alpha value is -1.09. The van der Waals surface area contributed by atoms with Crippen molar-refractivity contribution < 1.29 is 4.79 Å². The molecule has 0 unspecified atom stereocenters. The zero-order valence-electron chi connectivity index (χ0n) is 6.90. The number of carbonyl (C=O) groups excluding carboxylic acids is 1. The van der Waals surface area contributed by atoms with Crippen LogP contribution in [0, 0.1) is 0 Å². The normalized spacial score (nSPS) is 10.5. The van der Waals surface area contributed by atoms with Gasteiger partial charge in [0, 0.05) is 21.6 Å². The number of carbonyl (C=O) groups is 1. The molecule has 0 atom stereocenters. The fourth-order valence-corrected chi connectivity index (χ4v) is 1.79. The van der Waals surface area contributed by atoms with Crippen LogP contribution in [-0.2, 0) is 11.3 Å². The molecule has 0 bridgehead atoms. The minimum atomic E-state index is 0.422. The van der Waals surface area contributed by atoms with E-state index >= 15 is 0 Å². The fraction of sp³-hybridized carbons (Fsp3) is 0.100. The molecule has 0 spiro atoms. The topological polar surface area (TPSA) is 22.0 Å². The van der Waals surface area contributed by atoms with Crippen molar-refractivity contribution in [3.63, 3.8) is 0 Å². The summed E-state index contributed by atoms with van der Waals surface area (Å²) in [7, 11) is 0. The highest BCUT2D eigenvalue weighted by atomic mass is 79.9. The molecule has 2 rings (SSSR count). The molecule has 0 saturated heterocycles. The van der Waals surface area contributed by atoms with Gasteiger partial charge in [-0.25, -0.2) is 0 Å². The fourth-order valence-electron chi connectivity index (χ4n) is 1.41. The quantitative estimate of drug-likeness (QED) is 0.737. The lowest BCUT2D eigenvalue weighted by molar-refractivity contribution is -0.108. The summed E-state index contributed by atoms with van der Waals surface area (Å²) in [6.07, 6.45) is 2.83.